The third-order valence-corrected chi connectivity index (χ3v) is 5.52. The molecule has 0 bridgehead atoms. The average Bonchev–Trinajstić information content (AvgIpc) is 3.45. The molecule has 0 unspecified atom stereocenters. The summed E-state index contributed by atoms with van der Waals surface area (Å²) in [5.74, 6) is -0.193. The number of nitrogens with zero attached hydrogens (tertiary/aromatic N) is 6. The van der Waals surface area contributed by atoms with Gasteiger partial charge in [0, 0.05) is 25.7 Å². The molecule has 2 aliphatic heterocycles. The molecule has 0 aliphatic carbocycles. The van der Waals surface area contributed by atoms with Crippen LogP contribution in [-0.4, -0.2) is 64.7 Å². The summed E-state index contributed by atoms with van der Waals surface area (Å²) in [6.07, 6.45) is 1.15. The maximum absolute atomic E-state index is 15.5. The van der Waals surface area contributed by atoms with Crippen LogP contribution in [0.25, 0.3) is 11.0 Å². The fraction of sp³-hybridized carbons (Fsp3) is 0.421. The molecule has 1 aromatic carbocycles. The number of aryl methyl sites for hydroxylation is 1. The first kappa shape index (κ1) is 19.4. The molecule has 0 radical (unpaired) electrons. The van der Waals surface area contributed by atoms with Crippen LogP contribution in [0.2, 0.25) is 0 Å². The molecule has 1 amide bonds. The number of ether oxygens (including phenoxy) is 2. The van der Waals surface area contributed by atoms with E-state index in [0.29, 0.717) is 31.8 Å². The van der Waals surface area contributed by atoms with Crippen LogP contribution in [0, 0.1) is 5.82 Å². The molecule has 5 rings (SSSR count). The quantitative estimate of drug-likeness (QED) is 0.572. The molecular formula is C19H19FN6O5. The minimum Gasteiger partial charge on any atom is -0.446 e. The minimum absolute atomic E-state index is 0.0203. The number of aldehydes is 1. The topological polar surface area (TPSA) is 116 Å². The lowest BCUT2D eigenvalue weighted by Gasteiger charge is -2.33. The van der Waals surface area contributed by atoms with Gasteiger partial charge in [-0.2, -0.15) is 5.10 Å². The van der Waals surface area contributed by atoms with Crippen molar-refractivity contribution in [2.45, 2.75) is 19.1 Å². The van der Waals surface area contributed by atoms with Crippen molar-refractivity contribution in [1.82, 2.24) is 19.9 Å². The van der Waals surface area contributed by atoms with Gasteiger partial charge in [0.2, 0.25) is 5.58 Å². The zero-order chi connectivity index (χ0) is 21.7. The Balaban J connectivity index is 1.63. The second-order valence-electron chi connectivity index (χ2n) is 7.46. The van der Waals surface area contributed by atoms with Crippen LogP contribution < -0.4 is 9.80 Å². The van der Waals surface area contributed by atoms with Gasteiger partial charge >= 0.3 is 6.09 Å². The molecule has 12 heteroatoms. The maximum Gasteiger partial charge on any atom is 0.416 e. The molecule has 2 saturated heterocycles. The predicted molar refractivity (Wildman–Crippen MR) is 105 cm³/mol. The molecule has 162 valence electrons. The smallest absolute Gasteiger partial charge is 0.416 e. The molecule has 3 aromatic rings. The standard InChI is InChI=1S/C19H19FN6O5/c1-10-6-25(3-4-29-10)15-11(7-27)5-12-16(14(15)20)31-23-17(12)26-13(8-30-19(26)28)18-21-9-22-24(18)2/h5,7,9-10,13H,3-4,6,8H2,1-2H3/t10-,13-/m1/s1. The second-order valence-corrected chi connectivity index (χ2v) is 7.46. The Hall–Kier alpha value is -3.54. The third-order valence-electron chi connectivity index (χ3n) is 5.52. The van der Waals surface area contributed by atoms with E-state index in [-0.39, 0.29) is 40.7 Å². The van der Waals surface area contributed by atoms with Crippen LogP contribution in [0.1, 0.15) is 29.1 Å². The number of hydrogen-bond acceptors (Lipinski definition) is 9. The number of rotatable bonds is 4. The largest absolute Gasteiger partial charge is 0.446 e. The lowest BCUT2D eigenvalue weighted by Crippen LogP contribution is -2.42. The van der Waals surface area contributed by atoms with E-state index in [4.69, 9.17) is 14.0 Å². The van der Waals surface area contributed by atoms with Gasteiger partial charge in [0.1, 0.15) is 19.0 Å². The van der Waals surface area contributed by atoms with Gasteiger partial charge in [-0.1, -0.05) is 5.16 Å². The average molecular weight is 430 g/mol. The fourth-order valence-corrected chi connectivity index (χ4v) is 4.09. The first-order valence-electron chi connectivity index (χ1n) is 9.73. The summed E-state index contributed by atoms with van der Waals surface area (Å²) >= 11 is 0. The molecule has 0 spiro atoms. The predicted octanol–water partition coefficient (Wildman–Crippen LogP) is 1.83. The number of amides is 1. The van der Waals surface area contributed by atoms with Crippen LogP contribution in [0.5, 0.6) is 0 Å². The lowest BCUT2D eigenvalue weighted by molar-refractivity contribution is 0.0529. The highest BCUT2D eigenvalue weighted by atomic mass is 19.1. The highest BCUT2D eigenvalue weighted by Gasteiger charge is 2.41. The van der Waals surface area contributed by atoms with Crippen LogP contribution in [-0.2, 0) is 16.5 Å². The van der Waals surface area contributed by atoms with E-state index in [2.05, 4.69) is 15.2 Å². The van der Waals surface area contributed by atoms with E-state index >= 15 is 4.39 Å². The molecule has 11 nitrogen and oxygen atoms in total. The van der Waals surface area contributed by atoms with Crippen molar-refractivity contribution in [3.63, 3.8) is 0 Å². The molecule has 2 fully saturated rings. The molecule has 2 aliphatic rings. The van der Waals surface area contributed by atoms with Crippen LogP contribution in [0.3, 0.4) is 0 Å². The number of carbonyl (C=O) groups is 2. The normalized spacial score (nSPS) is 21.7. The van der Waals surface area contributed by atoms with Crippen LogP contribution >= 0.6 is 0 Å². The monoisotopic (exact) mass is 430 g/mol. The van der Waals surface area contributed by atoms with Crippen molar-refractivity contribution in [3.8, 4) is 0 Å². The Labute approximate surface area is 175 Å². The highest BCUT2D eigenvalue weighted by molar-refractivity contribution is 6.03. The van der Waals surface area contributed by atoms with Gasteiger partial charge in [-0.25, -0.2) is 19.1 Å². The summed E-state index contributed by atoms with van der Waals surface area (Å²) in [7, 11) is 1.68. The highest BCUT2D eigenvalue weighted by Crippen LogP contribution is 2.40. The van der Waals surface area contributed by atoms with E-state index < -0.39 is 18.0 Å². The molecule has 0 N–H and O–H groups in total. The van der Waals surface area contributed by atoms with Gasteiger partial charge in [-0.15, -0.1) is 0 Å². The lowest BCUT2D eigenvalue weighted by atomic mass is 10.1. The van der Waals surface area contributed by atoms with Crippen molar-refractivity contribution in [2.75, 3.05) is 36.1 Å². The van der Waals surface area contributed by atoms with Gasteiger partial charge < -0.3 is 18.9 Å². The molecular weight excluding hydrogens is 411 g/mol. The third kappa shape index (κ3) is 3.02. The van der Waals surface area contributed by atoms with E-state index in [0.717, 1.165) is 0 Å². The molecule has 4 heterocycles. The van der Waals surface area contributed by atoms with Crippen LogP contribution in [0.15, 0.2) is 16.9 Å². The number of benzene rings is 1. The van der Waals surface area contributed by atoms with Gasteiger partial charge in [-0.05, 0) is 13.0 Å². The molecule has 0 saturated carbocycles. The maximum atomic E-state index is 15.5. The number of halogens is 1. The van der Waals surface area contributed by atoms with Gasteiger partial charge in [0.25, 0.3) is 0 Å². The zero-order valence-electron chi connectivity index (χ0n) is 16.8. The summed E-state index contributed by atoms with van der Waals surface area (Å²) in [5, 5.41) is 8.16. The Kier molecular flexibility index (Phi) is 4.58. The summed E-state index contributed by atoms with van der Waals surface area (Å²) in [6, 6.07) is 0.849. The first-order chi connectivity index (χ1) is 15.0. The Morgan fingerprint density at radius 1 is 1.35 bits per heavy atom. The number of aromatic nitrogens is 4. The van der Waals surface area contributed by atoms with Gasteiger partial charge in [0.15, 0.2) is 23.7 Å². The summed E-state index contributed by atoms with van der Waals surface area (Å²) in [6.45, 7) is 3.17. The van der Waals surface area contributed by atoms with Crippen molar-refractivity contribution < 1.29 is 28.0 Å². The summed E-state index contributed by atoms with van der Waals surface area (Å²) in [4.78, 5) is 31.5. The summed E-state index contributed by atoms with van der Waals surface area (Å²) in [5.41, 5.74) is 0.117. The van der Waals surface area contributed by atoms with Crippen LogP contribution in [0.4, 0.5) is 20.7 Å². The SMILES string of the molecule is C[C@@H]1CN(c2c(C=O)cc3c(N4C(=O)OC[C@@H]4c4ncnn4C)noc3c2F)CCO1. The molecule has 31 heavy (non-hydrogen) atoms. The molecule has 2 atom stereocenters. The van der Waals surface area contributed by atoms with Crippen molar-refractivity contribution in [2.24, 2.45) is 7.05 Å². The minimum atomic E-state index is -0.713. The molecule has 2 aromatic heterocycles. The van der Waals surface area contributed by atoms with Crippen molar-refractivity contribution in [1.29, 1.82) is 0 Å². The number of fused-ring (bicyclic) bond motifs is 1. The van der Waals surface area contributed by atoms with Crippen molar-refractivity contribution >= 4 is 34.9 Å². The Morgan fingerprint density at radius 2 is 2.19 bits per heavy atom. The number of hydrogen-bond donors (Lipinski definition) is 0. The van der Waals surface area contributed by atoms with Gasteiger partial charge in [-0.3, -0.25) is 9.48 Å². The number of morpholine rings is 1. The first-order valence-corrected chi connectivity index (χ1v) is 9.73. The van der Waals surface area contributed by atoms with Gasteiger partial charge in [0.05, 0.1) is 23.8 Å². The fourth-order valence-electron chi connectivity index (χ4n) is 4.09. The summed E-state index contributed by atoms with van der Waals surface area (Å²) < 4.78 is 33.0. The Morgan fingerprint density at radius 3 is 2.90 bits per heavy atom. The number of carbonyl (C=O) groups excluding carboxylic acids is 2. The zero-order valence-corrected chi connectivity index (χ0v) is 16.8. The van der Waals surface area contributed by atoms with E-state index in [1.165, 1.54) is 22.0 Å². The van der Waals surface area contributed by atoms with Crippen molar-refractivity contribution in [3.05, 3.63) is 29.6 Å². The number of anilines is 2. The van der Waals surface area contributed by atoms with E-state index in [9.17, 15) is 9.59 Å². The second kappa shape index (κ2) is 7.30. The van der Waals surface area contributed by atoms with E-state index in [1.807, 2.05) is 6.92 Å². The number of cyclic esters (lactones) is 1. The van der Waals surface area contributed by atoms with E-state index in [1.54, 1.807) is 11.9 Å². The Bertz CT molecular complexity index is 1180.